The maximum atomic E-state index is 15.1. The SMILES string of the molecule is CC(C)CC1C(=O)Nc2c(c(F)cc3c(=O)c(C(=O)O)cn(C4CC4)c23)N1C. The van der Waals surface area contributed by atoms with E-state index in [1.54, 1.807) is 16.5 Å². The number of fused-ring (bicyclic) bond motifs is 3. The van der Waals surface area contributed by atoms with Crippen molar-refractivity contribution in [3.8, 4) is 0 Å². The number of benzene rings is 1. The van der Waals surface area contributed by atoms with Gasteiger partial charge in [0.15, 0.2) is 0 Å². The summed E-state index contributed by atoms with van der Waals surface area (Å²) in [6.45, 7) is 3.98. The van der Waals surface area contributed by atoms with Gasteiger partial charge in [0, 0.05) is 19.3 Å². The number of rotatable bonds is 4. The Morgan fingerprint density at radius 3 is 2.61 bits per heavy atom. The summed E-state index contributed by atoms with van der Waals surface area (Å²) in [5.74, 6) is -2.02. The van der Waals surface area contributed by atoms with Gasteiger partial charge in [-0.2, -0.15) is 0 Å². The molecule has 1 atom stereocenters. The van der Waals surface area contributed by atoms with Crippen molar-refractivity contribution in [2.24, 2.45) is 5.92 Å². The number of hydrogen-bond acceptors (Lipinski definition) is 4. The normalized spacial score (nSPS) is 19.1. The first kappa shape index (κ1) is 18.5. The molecule has 1 unspecified atom stereocenters. The number of carbonyl (C=O) groups excluding carboxylic acids is 1. The molecular weight excluding hydrogens is 365 g/mol. The topological polar surface area (TPSA) is 91.6 Å². The Kier molecular flexibility index (Phi) is 4.17. The summed E-state index contributed by atoms with van der Waals surface area (Å²) in [5.41, 5.74) is -0.288. The molecule has 0 saturated heterocycles. The van der Waals surface area contributed by atoms with Gasteiger partial charge in [0.05, 0.1) is 22.3 Å². The number of carbonyl (C=O) groups is 2. The van der Waals surface area contributed by atoms with Crippen LogP contribution in [0.4, 0.5) is 15.8 Å². The Morgan fingerprint density at radius 1 is 1.36 bits per heavy atom. The minimum atomic E-state index is -1.35. The zero-order valence-corrected chi connectivity index (χ0v) is 16.0. The van der Waals surface area contributed by atoms with Gasteiger partial charge in [-0.1, -0.05) is 13.8 Å². The molecule has 2 aromatic rings. The summed E-state index contributed by atoms with van der Waals surface area (Å²) in [6.07, 6.45) is 3.55. The molecule has 4 rings (SSSR count). The molecule has 0 bridgehead atoms. The first-order chi connectivity index (χ1) is 13.2. The molecule has 2 aliphatic rings. The highest BCUT2D eigenvalue weighted by Gasteiger charge is 2.37. The molecule has 2 N–H and O–H groups in total. The molecular formula is C20H22FN3O4. The largest absolute Gasteiger partial charge is 0.477 e. The highest BCUT2D eigenvalue weighted by Crippen LogP contribution is 2.44. The maximum Gasteiger partial charge on any atom is 0.341 e. The number of likely N-dealkylation sites (N-methyl/N-ethyl adjacent to an activating group) is 1. The summed E-state index contributed by atoms with van der Waals surface area (Å²) in [4.78, 5) is 38.6. The standard InChI is InChI=1S/C20H22FN3O4/c1-9(2)6-14-19(26)22-15-16-11(7-13(21)17(15)23(14)3)18(25)12(20(27)28)8-24(16)10-4-5-10/h7-10,14H,4-6H2,1-3H3,(H,22,26)(H,27,28). The number of nitrogens with one attached hydrogen (secondary N) is 1. The van der Waals surface area contributed by atoms with Gasteiger partial charge in [0.25, 0.3) is 0 Å². The van der Waals surface area contributed by atoms with Crippen molar-refractivity contribution in [2.45, 2.75) is 45.2 Å². The number of hydrogen-bond donors (Lipinski definition) is 2. The van der Waals surface area contributed by atoms with E-state index in [4.69, 9.17) is 0 Å². The van der Waals surface area contributed by atoms with Gasteiger partial charge in [-0.15, -0.1) is 0 Å². The van der Waals surface area contributed by atoms with Crippen LogP contribution in [0.1, 0.15) is 49.5 Å². The van der Waals surface area contributed by atoms with E-state index >= 15 is 4.39 Å². The van der Waals surface area contributed by atoms with Crippen molar-refractivity contribution in [1.82, 2.24) is 4.57 Å². The van der Waals surface area contributed by atoms with Gasteiger partial charge in [0.2, 0.25) is 11.3 Å². The lowest BCUT2D eigenvalue weighted by atomic mass is 9.97. The third-order valence-electron chi connectivity index (χ3n) is 5.48. The number of carboxylic acids is 1. The highest BCUT2D eigenvalue weighted by molar-refractivity contribution is 6.12. The lowest BCUT2D eigenvalue weighted by Crippen LogP contribution is -2.47. The fraction of sp³-hybridized carbons (Fsp3) is 0.450. The van der Waals surface area contributed by atoms with Gasteiger partial charge >= 0.3 is 5.97 Å². The molecule has 2 heterocycles. The van der Waals surface area contributed by atoms with Gasteiger partial charge < -0.3 is 19.9 Å². The van der Waals surface area contributed by atoms with Crippen molar-refractivity contribution in [3.05, 3.63) is 33.9 Å². The van der Waals surface area contributed by atoms with Crippen molar-refractivity contribution in [3.63, 3.8) is 0 Å². The van der Waals surface area contributed by atoms with Crippen LogP contribution in [0.3, 0.4) is 0 Å². The molecule has 1 aliphatic carbocycles. The number of carboxylic acid groups (broad SMARTS) is 1. The number of nitrogens with zero attached hydrogens (tertiary/aromatic N) is 2. The van der Waals surface area contributed by atoms with E-state index in [-0.39, 0.29) is 34.6 Å². The molecule has 1 aliphatic heterocycles. The number of aromatic carboxylic acids is 1. The van der Waals surface area contributed by atoms with Crippen LogP contribution in [0, 0.1) is 11.7 Å². The van der Waals surface area contributed by atoms with Crippen LogP contribution < -0.4 is 15.6 Å². The van der Waals surface area contributed by atoms with E-state index in [9.17, 15) is 19.5 Å². The summed E-state index contributed by atoms with van der Waals surface area (Å²) in [6, 6.07) is 0.618. The second kappa shape index (κ2) is 6.32. The molecule has 7 nitrogen and oxygen atoms in total. The second-order valence-corrected chi connectivity index (χ2v) is 8.04. The Morgan fingerprint density at radius 2 is 2.04 bits per heavy atom. The number of anilines is 2. The van der Waals surface area contributed by atoms with Crippen LogP contribution in [-0.2, 0) is 4.79 Å². The minimum absolute atomic E-state index is 0.0286. The molecule has 28 heavy (non-hydrogen) atoms. The molecule has 1 amide bonds. The lowest BCUT2D eigenvalue weighted by molar-refractivity contribution is -0.118. The molecule has 8 heteroatoms. The van der Waals surface area contributed by atoms with Crippen LogP contribution in [0.25, 0.3) is 10.9 Å². The summed E-state index contributed by atoms with van der Waals surface area (Å²) < 4.78 is 16.8. The van der Waals surface area contributed by atoms with E-state index in [0.29, 0.717) is 11.9 Å². The summed E-state index contributed by atoms with van der Waals surface area (Å²) >= 11 is 0. The van der Waals surface area contributed by atoms with Gasteiger partial charge in [0.1, 0.15) is 17.4 Å². The fourth-order valence-corrected chi connectivity index (χ4v) is 3.98. The van der Waals surface area contributed by atoms with Crippen LogP contribution >= 0.6 is 0 Å². The van der Waals surface area contributed by atoms with Crippen LogP contribution in [0.15, 0.2) is 17.1 Å². The van der Waals surface area contributed by atoms with E-state index in [0.717, 1.165) is 18.9 Å². The molecule has 1 aromatic carbocycles. The maximum absolute atomic E-state index is 15.1. The molecule has 1 fully saturated rings. The Bertz CT molecular complexity index is 1070. The Balaban J connectivity index is 2.03. The third kappa shape index (κ3) is 2.75. The van der Waals surface area contributed by atoms with E-state index in [2.05, 4.69) is 5.32 Å². The second-order valence-electron chi connectivity index (χ2n) is 8.04. The fourth-order valence-electron chi connectivity index (χ4n) is 3.98. The van der Waals surface area contributed by atoms with Crippen LogP contribution in [0.5, 0.6) is 0 Å². The average Bonchev–Trinajstić information content (AvgIpc) is 3.43. The summed E-state index contributed by atoms with van der Waals surface area (Å²) in [5, 5.41) is 12.1. The zero-order valence-electron chi connectivity index (χ0n) is 16.0. The van der Waals surface area contributed by atoms with Crippen LogP contribution in [0.2, 0.25) is 0 Å². The third-order valence-corrected chi connectivity index (χ3v) is 5.48. The number of halogens is 1. The zero-order chi connectivity index (χ0) is 20.3. The van der Waals surface area contributed by atoms with E-state index in [1.165, 1.54) is 6.20 Å². The lowest BCUT2D eigenvalue weighted by Gasteiger charge is -2.37. The predicted octanol–water partition coefficient (Wildman–Crippen LogP) is 2.98. The Labute approximate surface area is 160 Å². The van der Waals surface area contributed by atoms with Gasteiger partial charge in [-0.3, -0.25) is 9.59 Å². The summed E-state index contributed by atoms with van der Waals surface area (Å²) in [7, 11) is 1.67. The van der Waals surface area contributed by atoms with Crippen molar-refractivity contribution in [2.75, 3.05) is 17.3 Å². The highest BCUT2D eigenvalue weighted by atomic mass is 19.1. The van der Waals surface area contributed by atoms with Crippen molar-refractivity contribution in [1.29, 1.82) is 0 Å². The Hall–Kier alpha value is -2.90. The van der Waals surface area contributed by atoms with Gasteiger partial charge in [-0.05, 0) is 31.2 Å². The molecule has 148 valence electrons. The van der Waals surface area contributed by atoms with E-state index in [1.807, 2.05) is 13.8 Å². The van der Waals surface area contributed by atoms with E-state index < -0.39 is 28.8 Å². The van der Waals surface area contributed by atoms with Gasteiger partial charge in [-0.25, -0.2) is 9.18 Å². The molecule has 1 saturated carbocycles. The average molecular weight is 387 g/mol. The molecule has 1 aromatic heterocycles. The van der Waals surface area contributed by atoms with Crippen molar-refractivity contribution < 1.29 is 19.1 Å². The molecule has 0 radical (unpaired) electrons. The number of aromatic nitrogens is 1. The minimum Gasteiger partial charge on any atom is -0.477 e. The van der Waals surface area contributed by atoms with Crippen molar-refractivity contribution >= 4 is 34.2 Å². The number of amides is 1. The predicted molar refractivity (Wildman–Crippen MR) is 104 cm³/mol. The van der Waals surface area contributed by atoms with Crippen LogP contribution in [-0.4, -0.2) is 34.6 Å². The first-order valence-corrected chi connectivity index (χ1v) is 9.39. The molecule has 0 spiro atoms. The monoisotopic (exact) mass is 387 g/mol. The number of pyridine rings is 1. The first-order valence-electron chi connectivity index (χ1n) is 9.39. The smallest absolute Gasteiger partial charge is 0.341 e. The quantitative estimate of drug-likeness (QED) is 0.842.